The molecule has 0 saturated heterocycles. The van der Waals surface area contributed by atoms with Crippen molar-refractivity contribution < 1.29 is 14.6 Å². The van der Waals surface area contributed by atoms with Crippen LogP contribution in [0.3, 0.4) is 0 Å². The Kier molecular flexibility index (Phi) is 6.12. The first-order valence-electron chi connectivity index (χ1n) is 6.71. The highest BCUT2D eigenvalue weighted by Crippen LogP contribution is 2.21. The summed E-state index contributed by atoms with van der Waals surface area (Å²) in [5.74, 6) is -0.872. The molecule has 0 aliphatic heterocycles. The van der Waals surface area contributed by atoms with Gasteiger partial charge in [-0.1, -0.05) is 26.2 Å². The van der Waals surface area contributed by atoms with Gasteiger partial charge in [-0.05, 0) is 31.9 Å². The van der Waals surface area contributed by atoms with E-state index in [0.29, 0.717) is 5.69 Å². The second kappa shape index (κ2) is 7.61. The van der Waals surface area contributed by atoms with E-state index in [4.69, 9.17) is 15.6 Å². The summed E-state index contributed by atoms with van der Waals surface area (Å²) in [6.45, 7) is 4.11. The van der Waals surface area contributed by atoms with Crippen molar-refractivity contribution in [1.29, 1.82) is 0 Å². The minimum absolute atomic E-state index is 0.0179. The lowest BCUT2D eigenvalue weighted by Crippen LogP contribution is -2.15. The van der Waals surface area contributed by atoms with Crippen molar-refractivity contribution >= 4 is 11.7 Å². The van der Waals surface area contributed by atoms with E-state index in [2.05, 4.69) is 11.9 Å². The molecule has 5 heteroatoms. The van der Waals surface area contributed by atoms with Crippen LogP contribution in [0.5, 0.6) is 5.88 Å². The normalized spacial score (nSPS) is 12.1. The molecule has 1 rings (SSSR count). The maximum Gasteiger partial charge on any atom is 0.354 e. The first kappa shape index (κ1) is 15.3. The van der Waals surface area contributed by atoms with Gasteiger partial charge in [-0.15, -0.1) is 0 Å². The summed E-state index contributed by atoms with van der Waals surface area (Å²) >= 11 is 0. The summed E-state index contributed by atoms with van der Waals surface area (Å²) in [5, 5.41) is 8.88. The molecule has 19 heavy (non-hydrogen) atoms. The molecule has 0 amide bonds. The number of aromatic carboxylic acids is 1. The molecular weight excluding hydrogens is 244 g/mol. The van der Waals surface area contributed by atoms with Crippen LogP contribution >= 0.6 is 0 Å². The highest BCUT2D eigenvalue weighted by molar-refractivity contribution is 5.86. The van der Waals surface area contributed by atoms with Gasteiger partial charge in [-0.3, -0.25) is 0 Å². The summed E-state index contributed by atoms with van der Waals surface area (Å²) in [6, 6.07) is 2.88. The molecule has 0 aliphatic carbocycles. The summed E-state index contributed by atoms with van der Waals surface area (Å²) in [5.41, 5.74) is 6.05. The number of pyridine rings is 1. The predicted octanol–water partition coefficient (Wildman–Crippen LogP) is 3.10. The van der Waals surface area contributed by atoms with Gasteiger partial charge in [-0.25, -0.2) is 9.78 Å². The van der Waals surface area contributed by atoms with Crippen molar-refractivity contribution in [2.24, 2.45) is 0 Å². The molecule has 0 fully saturated rings. The summed E-state index contributed by atoms with van der Waals surface area (Å²) < 4.78 is 5.62. The molecule has 1 aromatic rings. The number of rotatable bonds is 8. The van der Waals surface area contributed by atoms with Crippen LogP contribution in [-0.4, -0.2) is 22.2 Å². The molecule has 0 aliphatic rings. The zero-order valence-corrected chi connectivity index (χ0v) is 11.6. The molecule has 106 valence electrons. The average Bonchev–Trinajstić information content (AvgIpc) is 2.37. The van der Waals surface area contributed by atoms with Gasteiger partial charge in [0.05, 0.1) is 11.8 Å². The third-order valence-corrected chi connectivity index (χ3v) is 2.89. The van der Waals surface area contributed by atoms with Crippen LogP contribution in [0.25, 0.3) is 0 Å². The predicted molar refractivity (Wildman–Crippen MR) is 74.5 cm³/mol. The molecule has 1 atom stereocenters. The Morgan fingerprint density at radius 3 is 2.79 bits per heavy atom. The quantitative estimate of drug-likeness (QED) is 0.706. The largest absolute Gasteiger partial charge is 0.477 e. The van der Waals surface area contributed by atoms with Crippen LogP contribution in [0.1, 0.15) is 56.4 Å². The van der Waals surface area contributed by atoms with Gasteiger partial charge in [-0.2, -0.15) is 0 Å². The fraction of sp³-hybridized carbons (Fsp3) is 0.571. The van der Waals surface area contributed by atoms with Gasteiger partial charge >= 0.3 is 5.97 Å². The minimum Gasteiger partial charge on any atom is -0.477 e. The Labute approximate surface area is 113 Å². The molecule has 1 heterocycles. The topological polar surface area (TPSA) is 85.4 Å². The van der Waals surface area contributed by atoms with Crippen LogP contribution in [0, 0.1) is 0 Å². The van der Waals surface area contributed by atoms with Crippen molar-refractivity contribution in [3.05, 3.63) is 17.8 Å². The number of hydrogen-bond donors (Lipinski definition) is 2. The minimum atomic E-state index is -1.08. The van der Waals surface area contributed by atoms with Gasteiger partial charge in [0, 0.05) is 0 Å². The van der Waals surface area contributed by atoms with E-state index >= 15 is 0 Å². The molecule has 1 unspecified atom stereocenters. The van der Waals surface area contributed by atoms with Gasteiger partial charge < -0.3 is 15.6 Å². The molecule has 5 nitrogen and oxygen atoms in total. The fourth-order valence-electron chi connectivity index (χ4n) is 1.77. The van der Waals surface area contributed by atoms with E-state index in [1.807, 2.05) is 6.92 Å². The number of carboxylic acid groups (broad SMARTS) is 1. The van der Waals surface area contributed by atoms with Crippen molar-refractivity contribution in [2.75, 3.05) is 5.73 Å². The lowest BCUT2D eigenvalue weighted by Gasteiger charge is -2.15. The fourth-order valence-corrected chi connectivity index (χ4v) is 1.77. The Morgan fingerprint density at radius 2 is 2.16 bits per heavy atom. The molecule has 0 bridgehead atoms. The van der Waals surface area contributed by atoms with Crippen LogP contribution in [0.2, 0.25) is 0 Å². The second-order valence-electron chi connectivity index (χ2n) is 4.67. The number of anilines is 1. The van der Waals surface area contributed by atoms with Crippen LogP contribution in [-0.2, 0) is 0 Å². The van der Waals surface area contributed by atoms with Crippen molar-refractivity contribution in [2.45, 2.75) is 52.1 Å². The first-order chi connectivity index (χ1) is 9.04. The summed E-state index contributed by atoms with van der Waals surface area (Å²) in [7, 11) is 0. The van der Waals surface area contributed by atoms with Gasteiger partial charge in [0.15, 0.2) is 5.69 Å². The number of nitrogen functional groups attached to an aromatic ring is 1. The molecule has 1 aromatic heterocycles. The third-order valence-electron chi connectivity index (χ3n) is 2.89. The van der Waals surface area contributed by atoms with E-state index in [1.54, 1.807) is 0 Å². The standard InChI is InChI=1S/C14H22N2O3/c1-3-4-5-6-7-10(2)19-13-11(15)8-9-12(16-13)14(17)18/h8-10H,3-7,15H2,1-2H3,(H,17,18). The van der Waals surface area contributed by atoms with E-state index in [1.165, 1.54) is 31.4 Å². The Bertz CT molecular complexity index is 421. The van der Waals surface area contributed by atoms with E-state index in [9.17, 15) is 4.79 Å². The highest BCUT2D eigenvalue weighted by atomic mass is 16.5. The summed E-state index contributed by atoms with van der Waals surface area (Å²) in [4.78, 5) is 14.7. The number of nitrogens with zero attached hydrogens (tertiary/aromatic N) is 1. The van der Waals surface area contributed by atoms with E-state index in [-0.39, 0.29) is 17.7 Å². The maximum atomic E-state index is 10.8. The van der Waals surface area contributed by atoms with Gasteiger partial charge in [0.1, 0.15) is 0 Å². The molecule has 0 aromatic carbocycles. The number of nitrogens with two attached hydrogens (primary N) is 1. The van der Waals surface area contributed by atoms with Crippen molar-refractivity contribution in [3.8, 4) is 5.88 Å². The number of ether oxygens (including phenoxy) is 1. The third kappa shape index (κ3) is 5.16. The zero-order chi connectivity index (χ0) is 14.3. The highest BCUT2D eigenvalue weighted by Gasteiger charge is 2.12. The maximum absolute atomic E-state index is 10.8. The van der Waals surface area contributed by atoms with Crippen LogP contribution in [0.4, 0.5) is 5.69 Å². The number of carboxylic acids is 1. The van der Waals surface area contributed by atoms with Crippen molar-refractivity contribution in [3.63, 3.8) is 0 Å². The average molecular weight is 266 g/mol. The number of carbonyl (C=O) groups is 1. The smallest absolute Gasteiger partial charge is 0.354 e. The molecule has 3 N–H and O–H groups in total. The van der Waals surface area contributed by atoms with Crippen LogP contribution in [0.15, 0.2) is 12.1 Å². The lowest BCUT2D eigenvalue weighted by molar-refractivity contribution is 0.0688. The number of hydrogen-bond acceptors (Lipinski definition) is 4. The molecule has 0 saturated carbocycles. The SMILES string of the molecule is CCCCCCC(C)Oc1nc(C(=O)O)ccc1N. The Hall–Kier alpha value is -1.78. The Balaban J connectivity index is 2.55. The number of aromatic nitrogens is 1. The van der Waals surface area contributed by atoms with Gasteiger partial charge in [0.25, 0.3) is 0 Å². The molecule has 0 radical (unpaired) electrons. The van der Waals surface area contributed by atoms with Crippen molar-refractivity contribution in [1.82, 2.24) is 4.98 Å². The second-order valence-corrected chi connectivity index (χ2v) is 4.67. The molecular formula is C14H22N2O3. The van der Waals surface area contributed by atoms with Crippen LogP contribution < -0.4 is 10.5 Å². The monoisotopic (exact) mass is 266 g/mol. The summed E-state index contributed by atoms with van der Waals surface area (Å²) in [6.07, 6.45) is 5.59. The van der Waals surface area contributed by atoms with E-state index in [0.717, 1.165) is 12.8 Å². The zero-order valence-electron chi connectivity index (χ0n) is 11.6. The first-order valence-corrected chi connectivity index (χ1v) is 6.71. The number of unbranched alkanes of at least 4 members (excludes halogenated alkanes) is 3. The van der Waals surface area contributed by atoms with E-state index < -0.39 is 5.97 Å². The lowest BCUT2D eigenvalue weighted by atomic mass is 10.1. The van der Waals surface area contributed by atoms with Gasteiger partial charge in [0.2, 0.25) is 5.88 Å². The molecule has 0 spiro atoms. The Morgan fingerprint density at radius 1 is 1.42 bits per heavy atom.